The summed E-state index contributed by atoms with van der Waals surface area (Å²) in [5.41, 5.74) is 7.42. The molecule has 110 valence electrons. The Bertz CT molecular complexity index is 615. The summed E-state index contributed by atoms with van der Waals surface area (Å²) in [7, 11) is 0. The first kappa shape index (κ1) is 15.4. The number of carbonyl (C=O) groups is 1. The van der Waals surface area contributed by atoms with Crippen LogP contribution in [0.4, 0.5) is 5.69 Å². The summed E-state index contributed by atoms with van der Waals surface area (Å²) < 4.78 is 5.42. The lowest BCUT2D eigenvalue weighted by molar-refractivity contribution is -0.118. The normalized spacial score (nSPS) is 11.8. The van der Waals surface area contributed by atoms with Crippen LogP contribution >= 0.6 is 11.6 Å². The van der Waals surface area contributed by atoms with Crippen LogP contribution in [0.5, 0.6) is 5.75 Å². The number of hydrogen-bond acceptors (Lipinski definition) is 3. The van der Waals surface area contributed by atoms with Crippen molar-refractivity contribution < 1.29 is 9.53 Å². The number of ether oxygens (including phenoxy) is 1. The molecule has 0 aliphatic heterocycles. The van der Waals surface area contributed by atoms with Crippen molar-refractivity contribution in [1.29, 1.82) is 0 Å². The fourth-order valence-corrected chi connectivity index (χ4v) is 2.02. The number of para-hydroxylation sites is 1. The molecule has 21 heavy (non-hydrogen) atoms. The van der Waals surface area contributed by atoms with Gasteiger partial charge in [-0.15, -0.1) is 0 Å². The predicted octanol–water partition coefficient (Wildman–Crippen LogP) is 3.38. The van der Waals surface area contributed by atoms with Crippen molar-refractivity contribution in [3.63, 3.8) is 0 Å². The Morgan fingerprint density at radius 2 is 2.00 bits per heavy atom. The zero-order valence-electron chi connectivity index (χ0n) is 11.7. The second kappa shape index (κ2) is 7.11. The fourth-order valence-electron chi connectivity index (χ4n) is 1.78. The molecule has 0 aliphatic carbocycles. The third kappa shape index (κ3) is 4.48. The van der Waals surface area contributed by atoms with E-state index in [1.165, 1.54) is 0 Å². The zero-order valence-corrected chi connectivity index (χ0v) is 12.4. The number of halogens is 1. The van der Waals surface area contributed by atoms with E-state index in [2.05, 4.69) is 5.32 Å². The largest absolute Gasteiger partial charge is 0.482 e. The lowest BCUT2D eigenvalue weighted by atomic mass is 10.1. The van der Waals surface area contributed by atoms with Crippen LogP contribution in [-0.2, 0) is 4.79 Å². The van der Waals surface area contributed by atoms with Crippen LogP contribution < -0.4 is 15.8 Å². The van der Waals surface area contributed by atoms with Crippen LogP contribution in [0, 0.1) is 0 Å². The lowest BCUT2D eigenvalue weighted by Gasteiger charge is -2.11. The maximum Gasteiger partial charge on any atom is 0.262 e. The molecule has 1 atom stereocenters. The molecule has 0 fully saturated rings. The third-order valence-corrected chi connectivity index (χ3v) is 3.19. The first-order valence-electron chi connectivity index (χ1n) is 6.59. The molecule has 0 bridgehead atoms. The smallest absolute Gasteiger partial charge is 0.262 e. The summed E-state index contributed by atoms with van der Waals surface area (Å²) in [6.45, 7) is 1.77. The van der Waals surface area contributed by atoms with E-state index in [0.717, 1.165) is 11.3 Å². The first-order chi connectivity index (χ1) is 10.1. The van der Waals surface area contributed by atoms with Gasteiger partial charge >= 0.3 is 0 Å². The topological polar surface area (TPSA) is 64.3 Å². The Kier molecular flexibility index (Phi) is 5.20. The number of hydrogen-bond donors (Lipinski definition) is 2. The molecule has 0 heterocycles. The highest BCUT2D eigenvalue weighted by atomic mass is 35.5. The van der Waals surface area contributed by atoms with Gasteiger partial charge in [0, 0.05) is 11.7 Å². The summed E-state index contributed by atoms with van der Waals surface area (Å²) in [6, 6.07) is 14.4. The zero-order chi connectivity index (χ0) is 15.2. The predicted molar refractivity (Wildman–Crippen MR) is 84.6 cm³/mol. The molecule has 0 spiro atoms. The number of rotatable bonds is 5. The summed E-state index contributed by atoms with van der Waals surface area (Å²) in [5, 5.41) is 3.18. The van der Waals surface area contributed by atoms with E-state index in [0.29, 0.717) is 10.8 Å². The molecule has 1 amide bonds. The highest BCUT2D eigenvalue weighted by molar-refractivity contribution is 6.32. The Labute approximate surface area is 128 Å². The molecule has 2 rings (SSSR count). The van der Waals surface area contributed by atoms with Gasteiger partial charge in [0.2, 0.25) is 0 Å². The van der Waals surface area contributed by atoms with E-state index in [-0.39, 0.29) is 18.6 Å². The standard InChI is InChI=1S/C16H17ClN2O2/c1-11(18)12-7-8-15(14(17)9-12)21-10-16(20)19-13-5-3-2-4-6-13/h2-9,11H,10,18H2,1H3,(H,19,20)/t11-/m1/s1. The van der Waals surface area contributed by atoms with E-state index in [1.54, 1.807) is 12.1 Å². The Morgan fingerprint density at radius 1 is 1.29 bits per heavy atom. The van der Waals surface area contributed by atoms with Crippen molar-refractivity contribution in [2.24, 2.45) is 5.73 Å². The number of amides is 1. The van der Waals surface area contributed by atoms with Gasteiger partial charge in [0.1, 0.15) is 5.75 Å². The molecular formula is C16H17ClN2O2. The number of anilines is 1. The van der Waals surface area contributed by atoms with Gasteiger partial charge in [-0.25, -0.2) is 0 Å². The second-order valence-corrected chi connectivity index (χ2v) is 5.09. The lowest BCUT2D eigenvalue weighted by Crippen LogP contribution is -2.20. The number of nitrogens with one attached hydrogen (secondary N) is 1. The van der Waals surface area contributed by atoms with Crippen LogP contribution in [0.2, 0.25) is 5.02 Å². The molecule has 0 saturated heterocycles. The molecule has 0 aromatic heterocycles. The van der Waals surface area contributed by atoms with Crippen molar-refractivity contribution in [3.05, 3.63) is 59.1 Å². The third-order valence-electron chi connectivity index (χ3n) is 2.90. The van der Waals surface area contributed by atoms with Gasteiger partial charge in [-0.3, -0.25) is 4.79 Å². The van der Waals surface area contributed by atoms with Gasteiger partial charge in [-0.1, -0.05) is 35.9 Å². The van der Waals surface area contributed by atoms with Crippen LogP contribution in [-0.4, -0.2) is 12.5 Å². The average molecular weight is 305 g/mol. The molecule has 0 saturated carbocycles. The number of nitrogens with two attached hydrogens (primary N) is 1. The average Bonchev–Trinajstić information content (AvgIpc) is 2.47. The summed E-state index contributed by atoms with van der Waals surface area (Å²) in [5.74, 6) is 0.220. The van der Waals surface area contributed by atoms with Crippen LogP contribution in [0.1, 0.15) is 18.5 Å². The van der Waals surface area contributed by atoms with Gasteiger partial charge in [-0.05, 0) is 36.8 Å². The second-order valence-electron chi connectivity index (χ2n) is 4.68. The Hall–Kier alpha value is -2.04. The maximum atomic E-state index is 11.8. The summed E-state index contributed by atoms with van der Waals surface area (Å²) >= 11 is 6.10. The number of benzene rings is 2. The Morgan fingerprint density at radius 3 is 2.62 bits per heavy atom. The molecule has 5 heteroatoms. The van der Waals surface area contributed by atoms with E-state index in [1.807, 2.05) is 43.3 Å². The molecule has 0 aliphatic rings. The van der Waals surface area contributed by atoms with E-state index in [9.17, 15) is 4.79 Å². The molecule has 2 aromatic rings. The van der Waals surface area contributed by atoms with Crippen molar-refractivity contribution in [1.82, 2.24) is 0 Å². The SMILES string of the molecule is C[C@@H](N)c1ccc(OCC(=O)Nc2ccccc2)c(Cl)c1. The highest BCUT2D eigenvalue weighted by Gasteiger charge is 2.08. The minimum atomic E-state index is -0.242. The van der Waals surface area contributed by atoms with Crippen molar-refractivity contribution in [2.75, 3.05) is 11.9 Å². The molecular weight excluding hydrogens is 288 g/mol. The maximum absolute atomic E-state index is 11.8. The number of carbonyl (C=O) groups excluding carboxylic acids is 1. The highest BCUT2D eigenvalue weighted by Crippen LogP contribution is 2.27. The van der Waals surface area contributed by atoms with Gasteiger partial charge in [0.05, 0.1) is 5.02 Å². The quantitative estimate of drug-likeness (QED) is 0.890. The van der Waals surface area contributed by atoms with Crippen LogP contribution in [0.15, 0.2) is 48.5 Å². The fraction of sp³-hybridized carbons (Fsp3) is 0.188. The van der Waals surface area contributed by atoms with E-state index >= 15 is 0 Å². The van der Waals surface area contributed by atoms with Crippen molar-refractivity contribution in [3.8, 4) is 5.75 Å². The Balaban J connectivity index is 1.92. The molecule has 0 radical (unpaired) electrons. The van der Waals surface area contributed by atoms with E-state index in [4.69, 9.17) is 22.1 Å². The van der Waals surface area contributed by atoms with Crippen molar-refractivity contribution >= 4 is 23.2 Å². The molecule has 4 nitrogen and oxygen atoms in total. The van der Waals surface area contributed by atoms with E-state index < -0.39 is 0 Å². The van der Waals surface area contributed by atoms with Crippen LogP contribution in [0.25, 0.3) is 0 Å². The summed E-state index contributed by atoms with van der Waals surface area (Å²) in [6.07, 6.45) is 0. The summed E-state index contributed by atoms with van der Waals surface area (Å²) in [4.78, 5) is 11.8. The van der Waals surface area contributed by atoms with Gasteiger partial charge in [-0.2, -0.15) is 0 Å². The van der Waals surface area contributed by atoms with Gasteiger partial charge in [0.25, 0.3) is 5.91 Å². The monoisotopic (exact) mass is 304 g/mol. The molecule has 3 N–H and O–H groups in total. The van der Waals surface area contributed by atoms with Crippen LogP contribution in [0.3, 0.4) is 0 Å². The molecule has 2 aromatic carbocycles. The minimum absolute atomic E-state index is 0.0991. The van der Waals surface area contributed by atoms with Gasteiger partial charge < -0.3 is 15.8 Å². The van der Waals surface area contributed by atoms with Gasteiger partial charge in [0.15, 0.2) is 6.61 Å². The molecule has 0 unspecified atom stereocenters. The first-order valence-corrected chi connectivity index (χ1v) is 6.97. The minimum Gasteiger partial charge on any atom is -0.482 e. The van der Waals surface area contributed by atoms with Crippen molar-refractivity contribution in [2.45, 2.75) is 13.0 Å².